The molecular weight excluding hydrogens is 310 g/mol. The number of piperidine rings is 1. The minimum absolute atomic E-state index is 0.0259. The Bertz CT molecular complexity index is 723. The van der Waals surface area contributed by atoms with Gasteiger partial charge in [0.1, 0.15) is 0 Å². The van der Waals surface area contributed by atoms with E-state index in [4.69, 9.17) is 0 Å². The van der Waals surface area contributed by atoms with Gasteiger partial charge >= 0.3 is 0 Å². The van der Waals surface area contributed by atoms with Crippen LogP contribution in [0.5, 0.6) is 0 Å². The molecule has 25 heavy (non-hydrogen) atoms. The summed E-state index contributed by atoms with van der Waals surface area (Å²) in [5.74, 6) is 0.312. The maximum absolute atomic E-state index is 12.9. The molecule has 1 atom stereocenters. The summed E-state index contributed by atoms with van der Waals surface area (Å²) in [6.45, 7) is 3.06. The summed E-state index contributed by atoms with van der Waals surface area (Å²) in [4.78, 5) is 21.5. The average Bonchev–Trinajstić information content (AvgIpc) is 2.91. The van der Waals surface area contributed by atoms with Gasteiger partial charge in [0.05, 0.1) is 5.92 Å². The molecule has 1 amide bonds. The minimum atomic E-state index is 0.0259. The Labute approximate surface area is 149 Å². The molecule has 4 heteroatoms. The molecule has 2 aliphatic rings. The number of carbonyl (C=O) groups is 1. The van der Waals surface area contributed by atoms with Crippen LogP contribution in [-0.4, -0.2) is 46.4 Å². The average molecular weight is 335 g/mol. The summed E-state index contributed by atoms with van der Waals surface area (Å²) in [7, 11) is 2.00. The highest BCUT2D eigenvalue weighted by molar-refractivity contribution is 5.87. The Hall–Kier alpha value is -2.20. The molecule has 0 aliphatic carbocycles. The lowest BCUT2D eigenvalue weighted by atomic mass is 9.81. The van der Waals surface area contributed by atoms with E-state index in [1.807, 2.05) is 37.6 Å². The van der Waals surface area contributed by atoms with Gasteiger partial charge in [-0.2, -0.15) is 0 Å². The first-order chi connectivity index (χ1) is 12.2. The van der Waals surface area contributed by atoms with E-state index in [9.17, 15) is 4.79 Å². The van der Waals surface area contributed by atoms with Crippen molar-refractivity contribution in [2.75, 3.05) is 20.1 Å². The lowest BCUT2D eigenvalue weighted by Gasteiger charge is -2.43. The Morgan fingerprint density at radius 1 is 1.08 bits per heavy atom. The molecule has 1 aromatic heterocycles. The van der Waals surface area contributed by atoms with Crippen molar-refractivity contribution in [2.45, 2.75) is 37.3 Å². The van der Waals surface area contributed by atoms with E-state index in [1.165, 1.54) is 5.56 Å². The van der Waals surface area contributed by atoms with Crippen LogP contribution in [0.4, 0.5) is 0 Å². The molecule has 4 nitrogen and oxygen atoms in total. The standard InChI is InChI=1S/C21H25N3O/c1-23-20(25)19(18-5-3-2-4-6-18)15-21(23)9-13-24(14-10-21)16-17-7-11-22-12-8-17/h2-8,11-12,19H,9-10,13-16H2,1H3/t19-/m1/s1. The number of pyridine rings is 1. The van der Waals surface area contributed by atoms with Gasteiger partial charge in [0.15, 0.2) is 0 Å². The number of likely N-dealkylation sites (N-methyl/N-ethyl adjacent to an activating group) is 1. The normalized spacial score (nSPS) is 23.3. The molecule has 4 rings (SSSR count). The van der Waals surface area contributed by atoms with E-state index >= 15 is 0 Å². The van der Waals surface area contributed by atoms with Crippen molar-refractivity contribution in [3.05, 3.63) is 66.0 Å². The molecule has 130 valence electrons. The van der Waals surface area contributed by atoms with E-state index in [1.54, 1.807) is 0 Å². The lowest BCUT2D eigenvalue weighted by molar-refractivity contribution is -0.131. The molecule has 0 bridgehead atoms. The number of rotatable bonds is 3. The highest BCUT2D eigenvalue weighted by Gasteiger charge is 2.50. The number of hydrogen-bond donors (Lipinski definition) is 0. The van der Waals surface area contributed by atoms with E-state index < -0.39 is 0 Å². The van der Waals surface area contributed by atoms with Crippen LogP contribution in [0.3, 0.4) is 0 Å². The first-order valence-corrected chi connectivity index (χ1v) is 9.12. The number of hydrogen-bond acceptors (Lipinski definition) is 3. The zero-order valence-electron chi connectivity index (χ0n) is 14.8. The summed E-state index contributed by atoms with van der Waals surface area (Å²) < 4.78 is 0. The molecular formula is C21H25N3O. The van der Waals surface area contributed by atoms with Crippen LogP contribution >= 0.6 is 0 Å². The number of benzene rings is 1. The van der Waals surface area contributed by atoms with Gasteiger partial charge in [-0.15, -0.1) is 0 Å². The Balaban J connectivity index is 1.44. The third kappa shape index (κ3) is 3.07. The highest BCUT2D eigenvalue weighted by Crippen LogP contribution is 2.44. The molecule has 2 aliphatic heterocycles. The summed E-state index contributed by atoms with van der Waals surface area (Å²) in [6.07, 6.45) is 6.78. The molecule has 0 saturated carbocycles. The molecule has 1 aromatic carbocycles. The lowest BCUT2D eigenvalue weighted by Crippen LogP contribution is -2.51. The molecule has 2 fully saturated rings. The Kier molecular flexibility index (Phi) is 4.30. The van der Waals surface area contributed by atoms with Gasteiger partial charge in [0, 0.05) is 44.6 Å². The van der Waals surface area contributed by atoms with Gasteiger partial charge in [0.2, 0.25) is 5.91 Å². The summed E-state index contributed by atoms with van der Waals surface area (Å²) in [5.41, 5.74) is 2.51. The third-order valence-electron chi connectivity index (χ3n) is 6.07. The van der Waals surface area contributed by atoms with Crippen LogP contribution in [0.2, 0.25) is 0 Å². The topological polar surface area (TPSA) is 36.4 Å². The van der Waals surface area contributed by atoms with Crippen LogP contribution < -0.4 is 0 Å². The van der Waals surface area contributed by atoms with Gasteiger partial charge in [-0.05, 0) is 42.5 Å². The number of aromatic nitrogens is 1. The summed E-state index contributed by atoms with van der Waals surface area (Å²) in [5, 5.41) is 0. The van der Waals surface area contributed by atoms with Crippen LogP contribution in [0.25, 0.3) is 0 Å². The second-order valence-electron chi connectivity index (χ2n) is 7.42. The molecule has 2 aromatic rings. The van der Waals surface area contributed by atoms with Crippen molar-refractivity contribution in [3.8, 4) is 0 Å². The van der Waals surface area contributed by atoms with Crippen LogP contribution in [0, 0.1) is 0 Å². The van der Waals surface area contributed by atoms with Crippen molar-refractivity contribution in [1.82, 2.24) is 14.8 Å². The number of nitrogens with zero attached hydrogens (tertiary/aromatic N) is 3. The minimum Gasteiger partial charge on any atom is -0.339 e. The van der Waals surface area contributed by atoms with Gasteiger partial charge in [-0.3, -0.25) is 14.7 Å². The molecule has 1 spiro atoms. The zero-order chi connectivity index (χ0) is 17.3. The molecule has 3 heterocycles. The van der Waals surface area contributed by atoms with Gasteiger partial charge in [0.25, 0.3) is 0 Å². The highest BCUT2D eigenvalue weighted by atomic mass is 16.2. The van der Waals surface area contributed by atoms with E-state index in [0.29, 0.717) is 0 Å². The first-order valence-electron chi connectivity index (χ1n) is 9.12. The smallest absolute Gasteiger partial charge is 0.230 e. The first kappa shape index (κ1) is 16.3. The second kappa shape index (κ2) is 6.60. The van der Waals surface area contributed by atoms with Crippen molar-refractivity contribution >= 4 is 5.91 Å². The zero-order valence-corrected chi connectivity index (χ0v) is 14.8. The van der Waals surface area contributed by atoms with Gasteiger partial charge in [-0.1, -0.05) is 30.3 Å². The molecule has 0 N–H and O–H groups in total. The Morgan fingerprint density at radius 3 is 2.44 bits per heavy atom. The SMILES string of the molecule is CN1C(=O)[C@@H](c2ccccc2)CC12CCN(Cc1ccncc1)CC2. The maximum Gasteiger partial charge on any atom is 0.230 e. The van der Waals surface area contributed by atoms with Gasteiger partial charge in [-0.25, -0.2) is 0 Å². The molecule has 0 radical (unpaired) electrons. The predicted octanol–water partition coefficient (Wildman–Crippen LogP) is 3.06. The molecule has 2 saturated heterocycles. The van der Waals surface area contributed by atoms with E-state index in [0.717, 1.165) is 44.5 Å². The number of amides is 1. The van der Waals surface area contributed by atoms with E-state index in [2.05, 4.69) is 39.0 Å². The van der Waals surface area contributed by atoms with Crippen LogP contribution in [0.15, 0.2) is 54.9 Å². The number of carbonyl (C=O) groups excluding carboxylic acids is 1. The Morgan fingerprint density at radius 2 is 1.76 bits per heavy atom. The fraction of sp³-hybridized carbons (Fsp3) is 0.429. The van der Waals surface area contributed by atoms with Crippen molar-refractivity contribution in [2.24, 2.45) is 0 Å². The molecule has 0 unspecified atom stereocenters. The third-order valence-corrected chi connectivity index (χ3v) is 6.07. The largest absolute Gasteiger partial charge is 0.339 e. The fourth-order valence-electron chi connectivity index (χ4n) is 4.43. The van der Waals surface area contributed by atoms with Crippen molar-refractivity contribution in [3.63, 3.8) is 0 Å². The predicted molar refractivity (Wildman–Crippen MR) is 98.0 cm³/mol. The second-order valence-corrected chi connectivity index (χ2v) is 7.42. The maximum atomic E-state index is 12.9. The fourth-order valence-corrected chi connectivity index (χ4v) is 4.43. The van der Waals surface area contributed by atoms with E-state index in [-0.39, 0.29) is 17.4 Å². The quantitative estimate of drug-likeness (QED) is 0.865. The van der Waals surface area contributed by atoms with Crippen molar-refractivity contribution in [1.29, 1.82) is 0 Å². The summed E-state index contributed by atoms with van der Waals surface area (Å²) in [6, 6.07) is 14.4. The van der Waals surface area contributed by atoms with Crippen LogP contribution in [0.1, 0.15) is 36.3 Å². The van der Waals surface area contributed by atoms with Gasteiger partial charge < -0.3 is 4.90 Å². The number of likely N-dealkylation sites (tertiary alicyclic amines) is 2. The monoisotopic (exact) mass is 335 g/mol. The summed E-state index contributed by atoms with van der Waals surface area (Å²) >= 11 is 0. The van der Waals surface area contributed by atoms with Crippen molar-refractivity contribution < 1.29 is 4.79 Å². The van der Waals surface area contributed by atoms with Crippen LogP contribution in [-0.2, 0) is 11.3 Å².